The fourth-order valence-corrected chi connectivity index (χ4v) is 2.53. The van der Waals surface area contributed by atoms with E-state index in [1.807, 2.05) is 0 Å². The molecule has 1 atom stereocenters. The third kappa shape index (κ3) is 5.21. The van der Waals surface area contributed by atoms with Gasteiger partial charge in [-0.15, -0.1) is 0 Å². The van der Waals surface area contributed by atoms with E-state index in [9.17, 15) is 26.7 Å². The summed E-state index contributed by atoms with van der Waals surface area (Å²) in [5.74, 6) is -1.15. The number of nitrogens with zero attached hydrogens (tertiary/aromatic N) is 3. The van der Waals surface area contributed by atoms with Crippen molar-refractivity contribution in [3.63, 3.8) is 0 Å². The lowest BCUT2D eigenvalue weighted by molar-refractivity contribution is -0.152. The van der Waals surface area contributed by atoms with E-state index in [0.717, 1.165) is 6.33 Å². The third-order valence-electron chi connectivity index (χ3n) is 3.55. The molecular weight excluding hydrogens is 383 g/mol. The van der Waals surface area contributed by atoms with Crippen molar-refractivity contribution in [2.45, 2.75) is 38.0 Å². The molecule has 0 amide bonds. The van der Waals surface area contributed by atoms with E-state index in [1.165, 1.54) is 18.2 Å². The van der Waals surface area contributed by atoms with E-state index in [-0.39, 0.29) is 29.3 Å². The van der Waals surface area contributed by atoms with Crippen LogP contribution < -0.4 is 5.73 Å². The predicted molar refractivity (Wildman–Crippen MR) is 83.6 cm³/mol. The summed E-state index contributed by atoms with van der Waals surface area (Å²) in [6.45, 7) is -2.93. The van der Waals surface area contributed by atoms with Crippen molar-refractivity contribution in [1.82, 2.24) is 14.8 Å². The topological polar surface area (TPSA) is 73.8 Å². The molecule has 0 aliphatic heterocycles. The minimum Gasteiger partial charge on any atom is -0.324 e. The van der Waals surface area contributed by atoms with Crippen LogP contribution >= 0.6 is 11.6 Å². The van der Waals surface area contributed by atoms with Gasteiger partial charge < -0.3 is 5.73 Å². The lowest BCUT2D eigenvalue weighted by Crippen LogP contribution is -2.17. The first-order chi connectivity index (χ1) is 12.1. The summed E-state index contributed by atoms with van der Waals surface area (Å²) in [5.41, 5.74) is 6.49. The molecule has 2 rings (SSSR count). The quantitative estimate of drug-likeness (QED) is 0.708. The highest BCUT2D eigenvalue weighted by Crippen LogP contribution is 2.31. The predicted octanol–water partition coefficient (Wildman–Crippen LogP) is 4.30. The number of carbonyl (C=O) groups is 1. The second-order valence-corrected chi connectivity index (χ2v) is 5.93. The second-order valence-electron chi connectivity index (χ2n) is 5.52. The van der Waals surface area contributed by atoms with Gasteiger partial charge in [-0.05, 0) is 24.1 Å². The Morgan fingerprint density at radius 2 is 2.00 bits per heavy atom. The van der Waals surface area contributed by atoms with Gasteiger partial charge in [0.25, 0.3) is 0 Å². The Bertz CT molecular complexity index is 778. The largest absolute Gasteiger partial charge is 0.395 e. The third-order valence-corrected chi connectivity index (χ3v) is 3.88. The van der Waals surface area contributed by atoms with Gasteiger partial charge in [-0.2, -0.15) is 31.7 Å². The number of hydrogen-bond donors (Lipinski definition) is 1. The van der Waals surface area contributed by atoms with Crippen LogP contribution in [0.3, 0.4) is 0 Å². The zero-order valence-electron chi connectivity index (χ0n) is 13.2. The number of hydrogen-bond acceptors (Lipinski definition) is 4. The Kier molecular flexibility index (Phi) is 6.30. The molecule has 0 unspecified atom stereocenters. The summed E-state index contributed by atoms with van der Waals surface area (Å²) in [6.07, 6.45) is -5.51. The Morgan fingerprint density at radius 3 is 2.62 bits per heavy atom. The minimum absolute atomic E-state index is 0.0302. The van der Waals surface area contributed by atoms with Crippen LogP contribution in [0.2, 0.25) is 5.02 Å². The smallest absolute Gasteiger partial charge is 0.324 e. The highest BCUT2D eigenvalue weighted by atomic mass is 35.5. The van der Waals surface area contributed by atoms with E-state index in [2.05, 4.69) is 10.1 Å². The molecule has 1 aromatic heterocycles. The molecule has 142 valence electrons. The van der Waals surface area contributed by atoms with E-state index in [4.69, 9.17) is 17.3 Å². The van der Waals surface area contributed by atoms with Gasteiger partial charge in [-0.1, -0.05) is 17.7 Å². The van der Waals surface area contributed by atoms with Gasteiger partial charge in [0.15, 0.2) is 5.82 Å². The number of Topliss-reactive ketones (excluding diaryl/α,β-unsaturated/α-hetero) is 1. The van der Waals surface area contributed by atoms with E-state index < -0.39 is 31.0 Å². The molecular formula is C15H14ClF5N4O. The summed E-state index contributed by atoms with van der Waals surface area (Å²) in [6, 6.07) is 3.55. The molecule has 0 radical (unpaired) electrons. The van der Waals surface area contributed by atoms with Gasteiger partial charge in [0.1, 0.15) is 18.5 Å². The molecule has 1 aromatic carbocycles. The minimum atomic E-state index is -4.56. The molecule has 11 heteroatoms. The fraction of sp³-hybridized carbons (Fsp3) is 0.400. The maximum absolute atomic E-state index is 12.9. The summed E-state index contributed by atoms with van der Waals surface area (Å²) in [7, 11) is 0. The molecule has 0 aliphatic rings. The molecule has 26 heavy (non-hydrogen) atoms. The van der Waals surface area contributed by atoms with Crippen molar-refractivity contribution in [2.75, 3.05) is 0 Å². The molecule has 0 saturated carbocycles. The molecule has 0 bridgehead atoms. The van der Waals surface area contributed by atoms with Gasteiger partial charge in [0, 0.05) is 18.0 Å². The Labute approximate surface area is 150 Å². The lowest BCUT2D eigenvalue weighted by Gasteiger charge is -2.14. The van der Waals surface area contributed by atoms with Crippen LogP contribution in [0.1, 0.15) is 37.4 Å². The van der Waals surface area contributed by atoms with Crippen molar-refractivity contribution in [1.29, 1.82) is 0 Å². The number of ketones is 1. The molecule has 2 N–H and O–H groups in total. The molecule has 2 aromatic rings. The van der Waals surface area contributed by atoms with Crippen molar-refractivity contribution in [2.24, 2.45) is 5.73 Å². The van der Waals surface area contributed by atoms with Gasteiger partial charge in [-0.3, -0.25) is 4.79 Å². The first kappa shape index (κ1) is 20.2. The molecule has 0 aliphatic carbocycles. The second kappa shape index (κ2) is 8.09. The Balaban J connectivity index is 2.16. The molecule has 1 heterocycles. The first-order valence-corrected chi connectivity index (χ1v) is 7.78. The normalized spacial score (nSPS) is 13.2. The van der Waals surface area contributed by atoms with E-state index in [1.54, 1.807) is 0 Å². The van der Waals surface area contributed by atoms with Crippen molar-refractivity contribution in [3.05, 3.63) is 35.1 Å². The summed E-state index contributed by atoms with van der Waals surface area (Å²) in [4.78, 5) is 15.1. The van der Waals surface area contributed by atoms with Crippen molar-refractivity contribution in [3.8, 4) is 11.4 Å². The number of carbonyl (C=O) groups excluding carboxylic acids is 1. The number of halogens is 6. The lowest BCUT2D eigenvalue weighted by atomic mass is 9.98. The zero-order valence-corrected chi connectivity index (χ0v) is 13.9. The summed E-state index contributed by atoms with van der Waals surface area (Å²) >= 11 is 6.02. The fourth-order valence-electron chi connectivity index (χ4n) is 2.33. The van der Waals surface area contributed by atoms with Crippen LogP contribution in [-0.2, 0) is 4.79 Å². The van der Waals surface area contributed by atoms with Crippen LogP contribution in [0.5, 0.6) is 0 Å². The molecule has 0 fully saturated rings. The zero-order chi connectivity index (χ0) is 19.5. The summed E-state index contributed by atoms with van der Waals surface area (Å²) in [5, 5.41) is 3.54. The van der Waals surface area contributed by atoms with Crippen LogP contribution in [0.15, 0.2) is 24.5 Å². The van der Waals surface area contributed by atoms with Gasteiger partial charge in [0.05, 0.1) is 5.02 Å². The number of alkyl halides is 5. The first-order valence-electron chi connectivity index (χ1n) is 7.40. The molecule has 0 saturated heterocycles. The van der Waals surface area contributed by atoms with Crippen LogP contribution in [-0.4, -0.2) is 26.7 Å². The SMILES string of the molecule is N[C@H](CCC(=O)CC(F)(F)F)c1ccc(Cl)c(-c2ncnn2C(F)F)c1. The Morgan fingerprint density at radius 1 is 1.31 bits per heavy atom. The maximum Gasteiger partial charge on any atom is 0.395 e. The summed E-state index contributed by atoms with van der Waals surface area (Å²) < 4.78 is 62.8. The average Bonchev–Trinajstić information content (AvgIpc) is 3.01. The van der Waals surface area contributed by atoms with E-state index in [0.29, 0.717) is 10.2 Å². The van der Waals surface area contributed by atoms with Crippen molar-refractivity contribution < 1.29 is 26.7 Å². The standard InChI is InChI=1S/C15H14ClF5N4O/c16-11-3-1-8(12(22)4-2-9(26)6-15(19,20)21)5-10(11)13-23-7-24-25(13)14(17)18/h1,3,5,7,12,14H,2,4,6,22H2/t12-/m1/s1. The number of rotatable bonds is 7. The molecule has 0 spiro atoms. The average molecular weight is 397 g/mol. The van der Waals surface area contributed by atoms with E-state index >= 15 is 0 Å². The highest BCUT2D eigenvalue weighted by Gasteiger charge is 2.30. The number of aromatic nitrogens is 3. The number of nitrogens with two attached hydrogens (primary N) is 1. The monoisotopic (exact) mass is 396 g/mol. The Hall–Kier alpha value is -2.07. The van der Waals surface area contributed by atoms with Gasteiger partial charge in [-0.25, -0.2) is 4.98 Å². The van der Waals surface area contributed by atoms with Crippen LogP contribution in [0.4, 0.5) is 22.0 Å². The van der Waals surface area contributed by atoms with Gasteiger partial charge >= 0.3 is 12.7 Å². The molecule has 5 nitrogen and oxygen atoms in total. The maximum atomic E-state index is 12.9. The van der Waals surface area contributed by atoms with Gasteiger partial charge in [0.2, 0.25) is 0 Å². The van der Waals surface area contributed by atoms with Crippen molar-refractivity contribution >= 4 is 17.4 Å². The number of benzene rings is 1. The van der Waals surface area contributed by atoms with Crippen LogP contribution in [0.25, 0.3) is 11.4 Å². The van der Waals surface area contributed by atoms with Crippen LogP contribution in [0, 0.1) is 0 Å². The highest BCUT2D eigenvalue weighted by molar-refractivity contribution is 6.33.